The molecule has 120 valence electrons. The van der Waals surface area contributed by atoms with Crippen molar-refractivity contribution in [2.24, 2.45) is 11.8 Å². The van der Waals surface area contributed by atoms with E-state index >= 15 is 0 Å². The van der Waals surface area contributed by atoms with Crippen LogP contribution < -0.4 is 5.32 Å². The molecule has 2 aliphatic carbocycles. The van der Waals surface area contributed by atoms with Gasteiger partial charge in [0.1, 0.15) is 0 Å². The maximum absolute atomic E-state index is 13.2. The van der Waals surface area contributed by atoms with Crippen LogP contribution in [0.3, 0.4) is 0 Å². The number of amides is 1. The summed E-state index contributed by atoms with van der Waals surface area (Å²) in [7, 11) is 0. The van der Waals surface area contributed by atoms with Crippen LogP contribution >= 0.6 is 0 Å². The summed E-state index contributed by atoms with van der Waals surface area (Å²) < 4.78 is 26.2. The molecular formula is C18H23F2NO. The molecule has 1 aromatic carbocycles. The van der Waals surface area contributed by atoms with E-state index in [1.54, 1.807) is 6.07 Å². The van der Waals surface area contributed by atoms with Crippen molar-refractivity contribution >= 4 is 5.91 Å². The largest absolute Gasteiger partial charge is 0.356 e. The van der Waals surface area contributed by atoms with Crippen LogP contribution in [-0.2, 0) is 4.79 Å². The number of hydrogen-bond acceptors (Lipinski definition) is 1. The fourth-order valence-corrected chi connectivity index (χ4v) is 3.60. The van der Waals surface area contributed by atoms with E-state index in [2.05, 4.69) is 5.32 Å². The lowest BCUT2D eigenvalue weighted by atomic mass is 9.87. The molecule has 0 saturated heterocycles. The van der Waals surface area contributed by atoms with E-state index in [0.717, 1.165) is 36.9 Å². The molecular weight excluding hydrogens is 284 g/mol. The second-order valence-corrected chi connectivity index (χ2v) is 6.71. The lowest BCUT2D eigenvalue weighted by Gasteiger charge is -2.21. The van der Waals surface area contributed by atoms with Gasteiger partial charge in [-0.3, -0.25) is 4.79 Å². The van der Waals surface area contributed by atoms with E-state index in [4.69, 9.17) is 0 Å². The van der Waals surface area contributed by atoms with E-state index in [1.165, 1.54) is 38.2 Å². The molecule has 1 N–H and O–H groups in total. The van der Waals surface area contributed by atoms with Crippen molar-refractivity contribution in [2.75, 3.05) is 6.54 Å². The third-order valence-electron chi connectivity index (χ3n) is 5.08. The topological polar surface area (TPSA) is 29.1 Å². The number of benzene rings is 1. The highest BCUT2D eigenvalue weighted by Gasteiger charge is 2.44. The molecule has 2 saturated carbocycles. The van der Waals surface area contributed by atoms with Crippen molar-refractivity contribution in [3.63, 3.8) is 0 Å². The molecule has 0 bridgehead atoms. The van der Waals surface area contributed by atoms with Gasteiger partial charge in [-0.1, -0.05) is 38.2 Å². The van der Waals surface area contributed by atoms with Gasteiger partial charge in [-0.15, -0.1) is 0 Å². The number of carbonyl (C=O) groups is 1. The van der Waals surface area contributed by atoms with Gasteiger partial charge in [-0.25, -0.2) is 8.78 Å². The number of hydrogen-bond donors (Lipinski definition) is 1. The maximum Gasteiger partial charge on any atom is 0.223 e. The second kappa shape index (κ2) is 6.76. The quantitative estimate of drug-likeness (QED) is 0.869. The summed E-state index contributed by atoms with van der Waals surface area (Å²) in [6.07, 6.45) is 8.36. The molecule has 2 aliphatic rings. The number of nitrogens with one attached hydrogen (secondary N) is 1. The average molecular weight is 307 g/mol. The van der Waals surface area contributed by atoms with E-state index in [9.17, 15) is 13.6 Å². The predicted octanol–water partition coefficient (Wildman–Crippen LogP) is 4.15. The van der Waals surface area contributed by atoms with Crippen LogP contribution in [0.25, 0.3) is 0 Å². The van der Waals surface area contributed by atoms with Gasteiger partial charge >= 0.3 is 0 Å². The molecule has 0 heterocycles. The average Bonchev–Trinajstić information content (AvgIpc) is 3.32. The molecule has 2 unspecified atom stereocenters. The highest BCUT2D eigenvalue weighted by atomic mass is 19.2. The highest BCUT2D eigenvalue weighted by Crippen LogP contribution is 2.47. The first kappa shape index (κ1) is 15.4. The zero-order chi connectivity index (χ0) is 15.5. The Hall–Kier alpha value is -1.45. The number of halogens is 2. The summed E-state index contributed by atoms with van der Waals surface area (Å²) in [5, 5.41) is 3.01. The molecule has 3 rings (SSSR count). The molecule has 2 fully saturated rings. The smallest absolute Gasteiger partial charge is 0.223 e. The van der Waals surface area contributed by atoms with Gasteiger partial charge in [-0.05, 0) is 42.4 Å². The minimum Gasteiger partial charge on any atom is -0.356 e. The molecule has 1 aromatic rings. The zero-order valence-corrected chi connectivity index (χ0v) is 12.8. The van der Waals surface area contributed by atoms with Crippen molar-refractivity contribution in [3.8, 4) is 0 Å². The lowest BCUT2D eigenvalue weighted by Crippen LogP contribution is -2.28. The van der Waals surface area contributed by atoms with Gasteiger partial charge in [0.15, 0.2) is 11.6 Å². The molecule has 0 spiro atoms. The normalized spacial score (nSPS) is 25.0. The molecule has 22 heavy (non-hydrogen) atoms. The van der Waals surface area contributed by atoms with Gasteiger partial charge in [-0.2, -0.15) is 0 Å². The molecule has 0 aromatic heterocycles. The summed E-state index contributed by atoms with van der Waals surface area (Å²) in [5.41, 5.74) is 0.728. The predicted molar refractivity (Wildman–Crippen MR) is 81.4 cm³/mol. The molecule has 2 nitrogen and oxygen atoms in total. The molecule has 1 amide bonds. The Balaban J connectivity index is 1.43. The third-order valence-corrected chi connectivity index (χ3v) is 5.08. The Bertz CT molecular complexity index is 540. The first-order valence-electron chi connectivity index (χ1n) is 8.38. The van der Waals surface area contributed by atoms with E-state index in [0.29, 0.717) is 0 Å². The van der Waals surface area contributed by atoms with E-state index in [1.807, 2.05) is 0 Å². The fourth-order valence-electron chi connectivity index (χ4n) is 3.60. The van der Waals surface area contributed by atoms with Gasteiger partial charge in [0.05, 0.1) is 0 Å². The van der Waals surface area contributed by atoms with Gasteiger partial charge < -0.3 is 5.32 Å². The van der Waals surface area contributed by atoms with Crippen LogP contribution in [0.5, 0.6) is 0 Å². The van der Waals surface area contributed by atoms with Crippen molar-refractivity contribution < 1.29 is 13.6 Å². The van der Waals surface area contributed by atoms with Crippen LogP contribution in [0.4, 0.5) is 8.78 Å². The Morgan fingerprint density at radius 2 is 1.91 bits per heavy atom. The van der Waals surface area contributed by atoms with Crippen LogP contribution in [-0.4, -0.2) is 12.5 Å². The summed E-state index contributed by atoms with van der Waals surface area (Å²) >= 11 is 0. The van der Waals surface area contributed by atoms with Crippen LogP contribution in [0.15, 0.2) is 18.2 Å². The fraction of sp³-hybridized carbons (Fsp3) is 0.611. The molecule has 0 aliphatic heterocycles. The minimum absolute atomic E-state index is 0.0461. The number of rotatable bonds is 5. The van der Waals surface area contributed by atoms with Crippen LogP contribution in [0.2, 0.25) is 0 Å². The standard InChI is InChI=1S/C18H23F2NO/c19-16-7-6-13(10-17(16)20)14-11-15(14)18(22)21-9-8-12-4-2-1-3-5-12/h6-7,10,12,14-15H,1-5,8-9,11H2,(H,21,22). The lowest BCUT2D eigenvalue weighted by molar-refractivity contribution is -0.122. The first-order chi connectivity index (χ1) is 10.6. The zero-order valence-electron chi connectivity index (χ0n) is 12.8. The summed E-state index contributed by atoms with van der Waals surface area (Å²) in [5.74, 6) is -0.875. The first-order valence-corrected chi connectivity index (χ1v) is 8.38. The Morgan fingerprint density at radius 1 is 1.14 bits per heavy atom. The monoisotopic (exact) mass is 307 g/mol. The summed E-state index contributed by atoms with van der Waals surface area (Å²) in [4.78, 5) is 12.1. The van der Waals surface area contributed by atoms with E-state index < -0.39 is 11.6 Å². The van der Waals surface area contributed by atoms with Gasteiger partial charge in [0.2, 0.25) is 5.91 Å². The van der Waals surface area contributed by atoms with E-state index in [-0.39, 0.29) is 17.7 Å². The number of carbonyl (C=O) groups excluding carboxylic acids is 1. The van der Waals surface area contributed by atoms with Gasteiger partial charge in [0.25, 0.3) is 0 Å². The van der Waals surface area contributed by atoms with Crippen LogP contribution in [0, 0.1) is 23.5 Å². The van der Waals surface area contributed by atoms with Crippen molar-refractivity contribution in [2.45, 2.75) is 50.9 Å². The highest BCUT2D eigenvalue weighted by molar-refractivity contribution is 5.82. The molecule has 2 atom stereocenters. The van der Waals surface area contributed by atoms with Crippen LogP contribution in [0.1, 0.15) is 56.4 Å². The van der Waals surface area contributed by atoms with Crippen molar-refractivity contribution in [1.29, 1.82) is 0 Å². The Morgan fingerprint density at radius 3 is 2.64 bits per heavy atom. The Labute approximate surface area is 130 Å². The van der Waals surface area contributed by atoms with Crippen molar-refractivity contribution in [3.05, 3.63) is 35.4 Å². The summed E-state index contributed by atoms with van der Waals surface area (Å²) in [6, 6.07) is 3.94. The molecule has 0 radical (unpaired) electrons. The van der Waals surface area contributed by atoms with Gasteiger partial charge in [0, 0.05) is 12.5 Å². The SMILES string of the molecule is O=C(NCCC1CCCCC1)C1CC1c1ccc(F)c(F)c1. The Kier molecular flexibility index (Phi) is 4.74. The molecule has 4 heteroatoms. The second-order valence-electron chi connectivity index (χ2n) is 6.71. The van der Waals surface area contributed by atoms with Crippen molar-refractivity contribution in [1.82, 2.24) is 5.32 Å². The third kappa shape index (κ3) is 3.65. The summed E-state index contributed by atoms with van der Waals surface area (Å²) in [6.45, 7) is 0.741. The minimum atomic E-state index is -0.835. The maximum atomic E-state index is 13.2.